The van der Waals surface area contributed by atoms with Crippen molar-refractivity contribution in [1.29, 1.82) is 0 Å². The number of thiazole rings is 1. The molecule has 0 saturated heterocycles. The topological polar surface area (TPSA) is 30.2 Å². The predicted molar refractivity (Wildman–Crippen MR) is 65.8 cm³/mol. The summed E-state index contributed by atoms with van der Waals surface area (Å²) in [7, 11) is 0. The molecule has 0 aliphatic heterocycles. The maximum atomic E-state index is 4.42. The summed E-state index contributed by atoms with van der Waals surface area (Å²) < 4.78 is 2.14. The van der Waals surface area contributed by atoms with Crippen molar-refractivity contribution in [2.45, 2.75) is 13.8 Å². The Bertz CT molecular complexity index is 638. The molecule has 0 bridgehead atoms. The van der Waals surface area contributed by atoms with Crippen molar-refractivity contribution < 1.29 is 0 Å². The molecule has 0 amide bonds. The van der Waals surface area contributed by atoms with Crippen molar-refractivity contribution in [2.24, 2.45) is 0 Å². The van der Waals surface area contributed by atoms with Gasteiger partial charge in [-0.05, 0) is 31.5 Å². The molecule has 80 valence electrons. The predicted octanol–water partition coefficient (Wildman–Crippen LogP) is 3.07. The minimum Gasteiger partial charge on any atom is -0.295 e. The number of fused-ring (bicyclic) bond motifs is 1. The summed E-state index contributed by atoms with van der Waals surface area (Å²) >= 11 is 1.60. The summed E-state index contributed by atoms with van der Waals surface area (Å²) in [5.41, 5.74) is 7.31. The number of pyridine rings is 1. The maximum Gasteiger partial charge on any atom is 0.137 e. The van der Waals surface area contributed by atoms with E-state index in [1.807, 2.05) is 17.1 Å². The number of nitrogens with zero attached hydrogens (tertiary/aromatic N) is 3. The molecule has 0 aliphatic carbocycles. The molecule has 4 heteroatoms. The highest BCUT2D eigenvalue weighted by Crippen LogP contribution is 2.22. The van der Waals surface area contributed by atoms with Gasteiger partial charge in [-0.2, -0.15) is 0 Å². The zero-order chi connectivity index (χ0) is 11.1. The van der Waals surface area contributed by atoms with Crippen molar-refractivity contribution >= 4 is 17.0 Å². The van der Waals surface area contributed by atoms with Gasteiger partial charge in [-0.15, -0.1) is 11.3 Å². The van der Waals surface area contributed by atoms with Crippen LogP contribution in [-0.4, -0.2) is 14.4 Å². The number of imidazole rings is 1. The Kier molecular flexibility index (Phi) is 2.04. The van der Waals surface area contributed by atoms with E-state index in [2.05, 4.69) is 40.3 Å². The lowest BCUT2D eigenvalue weighted by Gasteiger charge is -2.04. The number of hydrogen-bond donors (Lipinski definition) is 0. The van der Waals surface area contributed by atoms with E-state index in [0.29, 0.717) is 0 Å². The van der Waals surface area contributed by atoms with Crippen LogP contribution in [0.3, 0.4) is 0 Å². The molecule has 0 saturated carbocycles. The van der Waals surface area contributed by atoms with Crippen LogP contribution in [0.5, 0.6) is 0 Å². The van der Waals surface area contributed by atoms with Crippen molar-refractivity contribution in [3.63, 3.8) is 0 Å². The van der Waals surface area contributed by atoms with Crippen molar-refractivity contribution in [2.75, 3.05) is 0 Å². The van der Waals surface area contributed by atoms with Gasteiger partial charge in [-0.3, -0.25) is 4.40 Å². The molecular formula is C12H11N3S. The van der Waals surface area contributed by atoms with E-state index in [0.717, 1.165) is 17.0 Å². The second-order valence-electron chi connectivity index (χ2n) is 3.88. The van der Waals surface area contributed by atoms with Gasteiger partial charge in [0, 0.05) is 11.1 Å². The molecule has 0 aliphatic rings. The summed E-state index contributed by atoms with van der Waals surface area (Å²) in [6, 6.07) is 4.24. The van der Waals surface area contributed by atoms with E-state index in [-0.39, 0.29) is 0 Å². The first-order valence-electron chi connectivity index (χ1n) is 5.09. The number of aryl methyl sites for hydroxylation is 2. The minimum atomic E-state index is 0.987. The van der Waals surface area contributed by atoms with Gasteiger partial charge in [0.1, 0.15) is 5.65 Å². The average Bonchev–Trinajstić information content (AvgIpc) is 2.82. The maximum absolute atomic E-state index is 4.42. The first kappa shape index (κ1) is 9.54. The smallest absolute Gasteiger partial charge is 0.137 e. The van der Waals surface area contributed by atoms with Gasteiger partial charge in [0.05, 0.1) is 23.1 Å². The van der Waals surface area contributed by atoms with Gasteiger partial charge in [0.2, 0.25) is 0 Å². The van der Waals surface area contributed by atoms with Gasteiger partial charge < -0.3 is 0 Å². The summed E-state index contributed by atoms with van der Waals surface area (Å²) in [6.07, 6.45) is 1.89. The molecule has 16 heavy (non-hydrogen) atoms. The Morgan fingerprint density at radius 1 is 1.19 bits per heavy atom. The fraction of sp³-hybridized carbons (Fsp3) is 0.167. The Morgan fingerprint density at radius 2 is 2.06 bits per heavy atom. The molecule has 0 fully saturated rings. The van der Waals surface area contributed by atoms with Crippen molar-refractivity contribution in [1.82, 2.24) is 14.4 Å². The Morgan fingerprint density at radius 3 is 2.81 bits per heavy atom. The molecule has 0 unspecified atom stereocenters. The third kappa shape index (κ3) is 1.34. The third-order valence-corrected chi connectivity index (χ3v) is 3.22. The van der Waals surface area contributed by atoms with Crippen molar-refractivity contribution in [3.8, 4) is 11.4 Å². The van der Waals surface area contributed by atoms with E-state index in [1.54, 1.807) is 11.3 Å². The fourth-order valence-corrected chi connectivity index (χ4v) is 2.54. The Hall–Kier alpha value is -1.68. The summed E-state index contributed by atoms with van der Waals surface area (Å²) in [6.45, 7) is 4.18. The van der Waals surface area contributed by atoms with E-state index < -0.39 is 0 Å². The van der Waals surface area contributed by atoms with Gasteiger partial charge in [0.15, 0.2) is 0 Å². The molecule has 0 atom stereocenters. The second kappa shape index (κ2) is 3.42. The standard InChI is InChI=1S/C12H11N3S/c1-8-3-9(2)15-11(5-13-12(15)4-8)10-6-16-7-14-10/h3-7H,1-2H3. The lowest BCUT2D eigenvalue weighted by atomic mass is 10.2. The van der Waals surface area contributed by atoms with Crippen LogP contribution in [0.2, 0.25) is 0 Å². The average molecular weight is 229 g/mol. The highest BCUT2D eigenvalue weighted by atomic mass is 32.1. The van der Waals surface area contributed by atoms with Crippen LogP contribution in [0.1, 0.15) is 11.3 Å². The normalized spacial score (nSPS) is 11.1. The summed E-state index contributed by atoms with van der Waals surface area (Å²) in [4.78, 5) is 8.75. The quantitative estimate of drug-likeness (QED) is 0.642. The molecule has 3 aromatic heterocycles. The van der Waals surface area contributed by atoms with Crippen LogP contribution in [0.15, 0.2) is 29.2 Å². The third-order valence-electron chi connectivity index (χ3n) is 2.63. The van der Waals surface area contributed by atoms with Crippen molar-refractivity contribution in [3.05, 3.63) is 40.5 Å². The Labute approximate surface area is 97.4 Å². The highest BCUT2D eigenvalue weighted by molar-refractivity contribution is 7.07. The summed E-state index contributed by atoms with van der Waals surface area (Å²) in [5, 5.41) is 2.04. The lowest BCUT2D eigenvalue weighted by Crippen LogP contribution is -1.94. The van der Waals surface area contributed by atoms with Crippen LogP contribution in [-0.2, 0) is 0 Å². The minimum absolute atomic E-state index is 0.987. The number of aromatic nitrogens is 3. The van der Waals surface area contributed by atoms with Gasteiger partial charge in [-0.1, -0.05) is 0 Å². The molecule has 0 spiro atoms. The van der Waals surface area contributed by atoms with E-state index in [1.165, 1.54) is 11.3 Å². The van der Waals surface area contributed by atoms with Gasteiger partial charge >= 0.3 is 0 Å². The van der Waals surface area contributed by atoms with Crippen LogP contribution < -0.4 is 0 Å². The second-order valence-corrected chi connectivity index (χ2v) is 4.60. The molecule has 3 nitrogen and oxygen atoms in total. The molecule has 3 heterocycles. The number of rotatable bonds is 1. The Balaban J connectivity index is 2.36. The first-order valence-corrected chi connectivity index (χ1v) is 6.03. The number of hydrogen-bond acceptors (Lipinski definition) is 3. The first-order chi connectivity index (χ1) is 7.75. The molecular weight excluding hydrogens is 218 g/mol. The van der Waals surface area contributed by atoms with Gasteiger partial charge in [-0.25, -0.2) is 9.97 Å². The molecule has 3 aromatic rings. The SMILES string of the molecule is Cc1cc(C)n2c(-c3cscn3)cnc2c1. The molecule has 3 rings (SSSR count). The van der Waals surface area contributed by atoms with E-state index in [9.17, 15) is 0 Å². The zero-order valence-electron chi connectivity index (χ0n) is 9.14. The molecule has 0 radical (unpaired) electrons. The van der Waals surface area contributed by atoms with Crippen LogP contribution in [0, 0.1) is 13.8 Å². The van der Waals surface area contributed by atoms with Crippen LogP contribution >= 0.6 is 11.3 Å². The summed E-state index contributed by atoms with van der Waals surface area (Å²) in [5.74, 6) is 0. The van der Waals surface area contributed by atoms with Crippen LogP contribution in [0.4, 0.5) is 0 Å². The van der Waals surface area contributed by atoms with E-state index >= 15 is 0 Å². The molecule has 0 aromatic carbocycles. The monoisotopic (exact) mass is 229 g/mol. The zero-order valence-corrected chi connectivity index (χ0v) is 9.95. The van der Waals surface area contributed by atoms with E-state index in [4.69, 9.17) is 0 Å². The fourth-order valence-electron chi connectivity index (χ4n) is 2.00. The largest absolute Gasteiger partial charge is 0.295 e. The van der Waals surface area contributed by atoms with Gasteiger partial charge in [0.25, 0.3) is 0 Å². The van der Waals surface area contributed by atoms with Crippen LogP contribution in [0.25, 0.3) is 17.0 Å². The lowest BCUT2D eigenvalue weighted by molar-refractivity contribution is 1.08. The molecule has 0 N–H and O–H groups in total. The highest BCUT2D eigenvalue weighted by Gasteiger charge is 2.09.